The van der Waals surface area contributed by atoms with Crippen LogP contribution in [-0.4, -0.2) is 19.6 Å². The number of ether oxygens (including phenoxy) is 1. The quantitative estimate of drug-likeness (QED) is 0.830. The van der Waals surface area contributed by atoms with Crippen molar-refractivity contribution in [1.82, 2.24) is 5.32 Å². The Morgan fingerprint density at radius 1 is 1.26 bits per heavy atom. The molecule has 4 heteroatoms. The van der Waals surface area contributed by atoms with Gasteiger partial charge in [-0.25, -0.2) is 0 Å². The van der Waals surface area contributed by atoms with Gasteiger partial charge in [-0.1, -0.05) is 30.3 Å². The molecule has 0 saturated heterocycles. The largest absolute Gasteiger partial charge is 0.493 e. The summed E-state index contributed by atoms with van der Waals surface area (Å²) < 4.78 is 5.67. The van der Waals surface area contributed by atoms with Gasteiger partial charge in [0.2, 0.25) is 5.91 Å². The predicted octanol–water partition coefficient (Wildman–Crippen LogP) is 1.81. The molecule has 0 aliphatic rings. The van der Waals surface area contributed by atoms with Crippen molar-refractivity contribution in [2.24, 2.45) is 5.73 Å². The maximum Gasteiger partial charge on any atom is 0.220 e. The van der Waals surface area contributed by atoms with Crippen LogP contribution in [0.5, 0.6) is 5.75 Å². The predicted molar refractivity (Wildman–Crippen MR) is 76.0 cm³/mol. The standard InChI is InChI=1S/C15H18N2O2/c1-17-10-13-12-5-3-2-4-11(12)6-7-14(13)19-9-8-15(16)18/h2-7,17H,8-10H2,1H3,(H2,16,18). The molecule has 0 unspecified atom stereocenters. The Morgan fingerprint density at radius 2 is 2.05 bits per heavy atom. The van der Waals surface area contributed by atoms with Crippen molar-refractivity contribution in [3.05, 3.63) is 42.0 Å². The number of nitrogens with two attached hydrogens (primary N) is 1. The molecule has 0 aliphatic carbocycles. The van der Waals surface area contributed by atoms with Gasteiger partial charge in [0.25, 0.3) is 0 Å². The summed E-state index contributed by atoms with van der Waals surface area (Å²) in [6, 6.07) is 12.1. The lowest BCUT2D eigenvalue weighted by atomic mass is 10.0. The van der Waals surface area contributed by atoms with Crippen molar-refractivity contribution in [3.8, 4) is 5.75 Å². The highest BCUT2D eigenvalue weighted by atomic mass is 16.5. The Balaban J connectivity index is 2.31. The van der Waals surface area contributed by atoms with Crippen LogP contribution >= 0.6 is 0 Å². The van der Waals surface area contributed by atoms with Crippen molar-refractivity contribution >= 4 is 16.7 Å². The molecule has 2 aromatic rings. The molecule has 0 radical (unpaired) electrons. The lowest BCUT2D eigenvalue weighted by molar-refractivity contribution is -0.118. The van der Waals surface area contributed by atoms with Crippen LogP contribution in [0.4, 0.5) is 0 Å². The van der Waals surface area contributed by atoms with Crippen molar-refractivity contribution in [1.29, 1.82) is 0 Å². The third-order valence-corrected chi connectivity index (χ3v) is 2.96. The lowest BCUT2D eigenvalue weighted by Crippen LogP contribution is -2.15. The molecule has 0 aliphatic heterocycles. The molecule has 0 atom stereocenters. The molecule has 2 rings (SSSR count). The van der Waals surface area contributed by atoms with E-state index in [0.717, 1.165) is 16.7 Å². The second-order valence-corrected chi connectivity index (χ2v) is 4.36. The SMILES string of the molecule is CNCc1c(OCCC(N)=O)ccc2ccccc12. The zero-order valence-corrected chi connectivity index (χ0v) is 11.0. The number of primary amides is 1. The minimum Gasteiger partial charge on any atom is -0.493 e. The summed E-state index contributed by atoms with van der Waals surface area (Å²) in [7, 11) is 1.90. The molecular weight excluding hydrogens is 240 g/mol. The Kier molecular flexibility index (Phi) is 4.36. The van der Waals surface area contributed by atoms with E-state index in [1.54, 1.807) is 0 Å². The summed E-state index contributed by atoms with van der Waals surface area (Å²) in [5, 5.41) is 5.48. The summed E-state index contributed by atoms with van der Waals surface area (Å²) in [5.74, 6) is 0.449. The molecule has 0 aromatic heterocycles. The fourth-order valence-electron chi connectivity index (χ4n) is 2.07. The summed E-state index contributed by atoms with van der Waals surface area (Å²) in [4.78, 5) is 10.7. The minimum atomic E-state index is -0.351. The van der Waals surface area contributed by atoms with Gasteiger partial charge >= 0.3 is 0 Å². The first-order valence-electron chi connectivity index (χ1n) is 6.28. The van der Waals surface area contributed by atoms with Gasteiger partial charge in [-0.2, -0.15) is 0 Å². The van der Waals surface area contributed by atoms with Crippen LogP contribution in [0.1, 0.15) is 12.0 Å². The molecule has 0 spiro atoms. The van der Waals surface area contributed by atoms with E-state index in [0.29, 0.717) is 13.2 Å². The molecule has 4 nitrogen and oxygen atoms in total. The third-order valence-electron chi connectivity index (χ3n) is 2.96. The van der Waals surface area contributed by atoms with Crippen molar-refractivity contribution in [2.45, 2.75) is 13.0 Å². The first-order chi connectivity index (χ1) is 9.22. The average molecular weight is 258 g/mol. The molecule has 19 heavy (non-hydrogen) atoms. The van der Waals surface area contributed by atoms with E-state index in [-0.39, 0.29) is 12.3 Å². The first kappa shape index (κ1) is 13.4. The molecule has 3 N–H and O–H groups in total. The fourth-order valence-corrected chi connectivity index (χ4v) is 2.07. The zero-order valence-electron chi connectivity index (χ0n) is 11.0. The van der Waals surface area contributed by atoms with E-state index < -0.39 is 0 Å². The highest BCUT2D eigenvalue weighted by Gasteiger charge is 2.08. The monoisotopic (exact) mass is 258 g/mol. The summed E-state index contributed by atoms with van der Waals surface area (Å²) in [6.07, 6.45) is 0.228. The van der Waals surface area contributed by atoms with E-state index in [2.05, 4.69) is 17.4 Å². The maximum atomic E-state index is 10.7. The average Bonchev–Trinajstić information content (AvgIpc) is 2.41. The number of fused-ring (bicyclic) bond motifs is 1. The normalized spacial score (nSPS) is 10.6. The Hall–Kier alpha value is -2.07. The van der Waals surface area contributed by atoms with Gasteiger partial charge in [0, 0.05) is 12.1 Å². The fraction of sp³-hybridized carbons (Fsp3) is 0.267. The Bertz CT molecular complexity index is 581. The Labute approximate surface area is 112 Å². The van der Waals surface area contributed by atoms with Crippen LogP contribution < -0.4 is 15.8 Å². The smallest absolute Gasteiger partial charge is 0.220 e. The van der Waals surface area contributed by atoms with Crippen molar-refractivity contribution in [2.75, 3.05) is 13.7 Å². The van der Waals surface area contributed by atoms with Gasteiger partial charge in [0.15, 0.2) is 0 Å². The number of benzene rings is 2. The zero-order chi connectivity index (χ0) is 13.7. The second kappa shape index (κ2) is 6.20. The summed E-state index contributed by atoms with van der Waals surface area (Å²) >= 11 is 0. The van der Waals surface area contributed by atoms with Crippen LogP contribution in [-0.2, 0) is 11.3 Å². The third kappa shape index (κ3) is 3.23. The van der Waals surface area contributed by atoms with Crippen LogP contribution in [0.2, 0.25) is 0 Å². The van der Waals surface area contributed by atoms with Gasteiger partial charge in [-0.3, -0.25) is 4.79 Å². The van der Waals surface area contributed by atoms with Gasteiger partial charge < -0.3 is 15.8 Å². The van der Waals surface area contributed by atoms with Gasteiger partial charge in [-0.15, -0.1) is 0 Å². The van der Waals surface area contributed by atoms with Gasteiger partial charge in [0.05, 0.1) is 13.0 Å². The maximum absolute atomic E-state index is 10.7. The number of rotatable bonds is 6. The number of hydrogen-bond acceptors (Lipinski definition) is 3. The molecule has 0 saturated carbocycles. The first-order valence-corrected chi connectivity index (χ1v) is 6.28. The van der Waals surface area contributed by atoms with E-state index in [1.807, 2.05) is 31.3 Å². The van der Waals surface area contributed by atoms with E-state index in [4.69, 9.17) is 10.5 Å². The molecule has 0 bridgehead atoms. The number of amides is 1. The molecule has 2 aromatic carbocycles. The van der Waals surface area contributed by atoms with Crippen molar-refractivity contribution < 1.29 is 9.53 Å². The van der Waals surface area contributed by atoms with Crippen LogP contribution in [0, 0.1) is 0 Å². The minimum absolute atomic E-state index is 0.228. The highest BCUT2D eigenvalue weighted by molar-refractivity contribution is 5.87. The number of carbonyl (C=O) groups is 1. The van der Waals surface area contributed by atoms with E-state index in [9.17, 15) is 4.79 Å². The molecule has 100 valence electrons. The van der Waals surface area contributed by atoms with Gasteiger partial charge in [-0.05, 0) is 23.9 Å². The molecule has 1 amide bonds. The number of nitrogens with one attached hydrogen (secondary N) is 1. The second-order valence-electron chi connectivity index (χ2n) is 4.36. The lowest BCUT2D eigenvalue weighted by Gasteiger charge is -2.13. The molecule has 0 heterocycles. The Morgan fingerprint density at radius 3 is 2.79 bits per heavy atom. The van der Waals surface area contributed by atoms with E-state index in [1.165, 1.54) is 5.39 Å². The molecule has 0 fully saturated rings. The van der Waals surface area contributed by atoms with Crippen LogP contribution in [0.3, 0.4) is 0 Å². The van der Waals surface area contributed by atoms with Crippen molar-refractivity contribution in [3.63, 3.8) is 0 Å². The highest BCUT2D eigenvalue weighted by Crippen LogP contribution is 2.28. The van der Waals surface area contributed by atoms with E-state index >= 15 is 0 Å². The number of carbonyl (C=O) groups excluding carboxylic acids is 1. The topological polar surface area (TPSA) is 64.3 Å². The summed E-state index contributed by atoms with van der Waals surface area (Å²) in [6.45, 7) is 1.03. The number of hydrogen-bond donors (Lipinski definition) is 2. The molecular formula is C15H18N2O2. The van der Waals surface area contributed by atoms with Crippen LogP contribution in [0.25, 0.3) is 10.8 Å². The van der Waals surface area contributed by atoms with Crippen LogP contribution in [0.15, 0.2) is 36.4 Å². The summed E-state index contributed by atoms with van der Waals surface area (Å²) in [5.41, 5.74) is 6.21. The van der Waals surface area contributed by atoms with Gasteiger partial charge in [0.1, 0.15) is 5.75 Å².